The molecule has 110 valence electrons. The quantitative estimate of drug-likeness (QED) is 0.863. The van der Waals surface area contributed by atoms with Gasteiger partial charge in [0.05, 0.1) is 23.4 Å². The summed E-state index contributed by atoms with van der Waals surface area (Å²) in [6.45, 7) is 6.36. The van der Waals surface area contributed by atoms with E-state index < -0.39 is 0 Å². The fourth-order valence-electron chi connectivity index (χ4n) is 2.35. The molecule has 1 fully saturated rings. The van der Waals surface area contributed by atoms with Crippen LogP contribution < -0.4 is 10.5 Å². The van der Waals surface area contributed by atoms with Crippen LogP contribution in [0.5, 0.6) is 5.75 Å². The number of ether oxygens (including phenoxy) is 1. The third-order valence-electron chi connectivity index (χ3n) is 3.66. The highest BCUT2D eigenvalue weighted by Gasteiger charge is 2.23. The molecule has 0 atom stereocenters. The van der Waals surface area contributed by atoms with Crippen molar-refractivity contribution in [3.05, 3.63) is 22.7 Å². The van der Waals surface area contributed by atoms with Crippen molar-refractivity contribution in [1.82, 2.24) is 9.80 Å². The van der Waals surface area contributed by atoms with Gasteiger partial charge >= 0.3 is 0 Å². The van der Waals surface area contributed by atoms with Crippen molar-refractivity contribution in [2.45, 2.75) is 6.92 Å². The number of anilines is 1. The van der Waals surface area contributed by atoms with Crippen LogP contribution in [0.3, 0.4) is 0 Å². The van der Waals surface area contributed by atoms with Gasteiger partial charge in [-0.05, 0) is 18.7 Å². The Labute approximate surface area is 124 Å². The zero-order valence-electron chi connectivity index (χ0n) is 11.9. The molecular weight excluding hydrogens is 278 g/mol. The monoisotopic (exact) mass is 297 g/mol. The Morgan fingerprint density at radius 1 is 1.35 bits per heavy atom. The van der Waals surface area contributed by atoms with Gasteiger partial charge in [-0.2, -0.15) is 0 Å². The van der Waals surface area contributed by atoms with Crippen LogP contribution in [0.25, 0.3) is 0 Å². The maximum absolute atomic E-state index is 12.5. The molecule has 0 saturated carbocycles. The molecular formula is C14H20ClN3O2. The first kappa shape index (κ1) is 14.9. The molecule has 2 rings (SSSR count). The molecule has 0 radical (unpaired) electrons. The van der Waals surface area contributed by atoms with Crippen LogP contribution in [0.2, 0.25) is 5.02 Å². The largest absolute Gasteiger partial charge is 0.495 e. The summed E-state index contributed by atoms with van der Waals surface area (Å²) in [5.41, 5.74) is 6.66. The number of piperazine rings is 1. The Balaban J connectivity index is 2.17. The minimum atomic E-state index is -0.0657. The second-order valence-electron chi connectivity index (χ2n) is 4.80. The number of benzene rings is 1. The van der Waals surface area contributed by atoms with E-state index in [9.17, 15) is 4.79 Å². The number of hydrogen-bond acceptors (Lipinski definition) is 4. The molecule has 5 nitrogen and oxygen atoms in total. The van der Waals surface area contributed by atoms with E-state index in [1.165, 1.54) is 7.11 Å². The summed E-state index contributed by atoms with van der Waals surface area (Å²) in [7, 11) is 1.52. The lowest BCUT2D eigenvalue weighted by Crippen LogP contribution is -2.48. The van der Waals surface area contributed by atoms with Crippen LogP contribution in [0, 0.1) is 0 Å². The molecule has 1 saturated heterocycles. The van der Waals surface area contributed by atoms with Gasteiger partial charge in [0.2, 0.25) is 0 Å². The smallest absolute Gasteiger partial charge is 0.255 e. The van der Waals surface area contributed by atoms with Crippen molar-refractivity contribution < 1.29 is 9.53 Å². The number of carbonyl (C=O) groups is 1. The molecule has 1 heterocycles. The molecule has 0 spiro atoms. The van der Waals surface area contributed by atoms with Crippen molar-refractivity contribution in [2.24, 2.45) is 0 Å². The van der Waals surface area contributed by atoms with Crippen molar-refractivity contribution >= 4 is 23.2 Å². The van der Waals surface area contributed by atoms with E-state index in [0.29, 0.717) is 22.0 Å². The third kappa shape index (κ3) is 2.99. The minimum absolute atomic E-state index is 0.0657. The number of rotatable bonds is 3. The van der Waals surface area contributed by atoms with E-state index in [2.05, 4.69) is 11.8 Å². The standard InChI is InChI=1S/C14H20ClN3O2/c1-3-17-4-6-18(7-5-17)14(19)10-8-13(20-2)12(16)9-11(10)15/h8-9H,3-7,16H2,1-2H3. The van der Waals surface area contributed by atoms with E-state index >= 15 is 0 Å². The maximum Gasteiger partial charge on any atom is 0.255 e. The van der Waals surface area contributed by atoms with Crippen LogP contribution in [-0.4, -0.2) is 55.5 Å². The van der Waals surface area contributed by atoms with Crippen LogP contribution in [-0.2, 0) is 0 Å². The second-order valence-corrected chi connectivity index (χ2v) is 5.21. The molecule has 1 amide bonds. The minimum Gasteiger partial charge on any atom is -0.495 e. The summed E-state index contributed by atoms with van der Waals surface area (Å²) in [6, 6.07) is 3.18. The summed E-state index contributed by atoms with van der Waals surface area (Å²) in [5, 5.41) is 0.367. The Bertz CT molecular complexity index is 499. The van der Waals surface area contributed by atoms with E-state index in [1.54, 1.807) is 12.1 Å². The summed E-state index contributed by atoms with van der Waals surface area (Å²) >= 11 is 6.14. The molecule has 0 bridgehead atoms. The average molecular weight is 298 g/mol. The number of methoxy groups -OCH3 is 1. The number of amides is 1. The molecule has 1 aliphatic heterocycles. The van der Waals surface area contributed by atoms with Gasteiger partial charge in [-0.15, -0.1) is 0 Å². The molecule has 1 aromatic carbocycles. The summed E-state index contributed by atoms with van der Waals surface area (Å²) < 4.78 is 5.15. The van der Waals surface area contributed by atoms with Crippen LogP contribution in [0.4, 0.5) is 5.69 Å². The molecule has 0 aliphatic carbocycles. The van der Waals surface area contributed by atoms with Gasteiger partial charge in [0.25, 0.3) is 5.91 Å². The molecule has 6 heteroatoms. The van der Waals surface area contributed by atoms with E-state index in [4.69, 9.17) is 22.1 Å². The zero-order chi connectivity index (χ0) is 14.7. The topological polar surface area (TPSA) is 58.8 Å². The molecule has 1 aliphatic rings. The number of likely N-dealkylation sites (N-methyl/N-ethyl adjacent to an activating group) is 1. The predicted molar refractivity (Wildman–Crippen MR) is 80.4 cm³/mol. The lowest BCUT2D eigenvalue weighted by atomic mass is 10.1. The lowest BCUT2D eigenvalue weighted by Gasteiger charge is -2.34. The molecule has 2 N–H and O–H groups in total. The van der Waals surface area contributed by atoms with Gasteiger partial charge in [-0.3, -0.25) is 4.79 Å². The second kappa shape index (κ2) is 6.33. The summed E-state index contributed by atoms with van der Waals surface area (Å²) in [4.78, 5) is 16.7. The van der Waals surface area contributed by atoms with Gasteiger partial charge < -0.3 is 20.3 Å². The van der Waals surface area contributed by atoms with Crippen LogP contribution >= 0.6 is 11.6 Å². The SMILES string of the molecule is CCN1CCN(C(=O)c2cc(OC)c(N)cc2Cl)CC1. The van der Waals surface area contributed by atoms with Gasteiger partial charge in [0.1, 0.15) is 5.75 Å². The fourth-order valence-corrected chi connectivity index (χ4v) is 2.60. The Morgan fingerprint density at radius 2 is 2.00 bits per heavy atom. The van der Waals surface area contributed by atoms with Gasteiger partial charge in [0, 0.05) is 26.2 Å². The fraction of sp³-hybridized carbons (Fsp3) is 0.500. The van der Waals surface area contributed by atoms with Gasteiger partial charge in [0.15, 0.2) is 0 Å². The van der Waals surface area contributed by atoms with E-state index in [-0.39, 0.29) is 5.91 Å². The summed E-state index contributed by atoms with van der Waals surface area (Å²) in [6.07, 6.45) is 0. The Morgan fingerprint density at radius 3 is 2.55 bits per heavy atom. The number of nitrogen functional groups attached to an aromatic ring is 1. The molecule has 0 unspecified atom stereocenters. The van der Waals surface area contributed by atoms with E-state index in [0.717, 1.165) is 32.7 Å². The van der Waals surface area contributed by atoms with Gasteiger partial charge in [-0.1, -0.05) is 18.5 Å². The highest BCUT2D eigenvalue weighted by Crippen LogP contribution is 2.30. The van der Waals surface area contributed by atoms with Crippen molar-refractivity contribution in [3.63, 3.8) is 0 Å². The lowest BCUT2D eigenvalue weighted by molar-refractivity contribution is 0.0643. The first-order valence-corrected chi connectivity index (χ1v) is 7.09. The number of carbonyl (C=O) groups excluding carboxylic acids is 1. The van der Waals surface area contributed by atoms with Crippen molar-refractivity contribution in [3.8, 4) is 5.75 Å². The van der Waals surface area contributed by atoms with E-state index in [1.807, 2.05) is 4.90 Å². The van der Waals surface area contributed by atoms with Crippen LogP contribution in [0.1, 0.15) is 17.3 Å². The normalized spacial score (nSPS) is 16.2. The number of halogens is 1. The number of nitrogens with zero attached hydrogens (tertiary/aromatic N) is 2. The van der Waals surface area contributed by atoms with Gasteiger partial charge in [-0.25, -0.2) is 0 Å². The summed E-state index contributed by atoms with van der Waals surface area (Å²) in [5.74, 6) is 0.411. The molecule has 20 heavy (non-hydrogen) atoms. The Hall–Kier alpha value is -1.46. The number of hydrogen-bond donors (Lipinski definition) is 1. The average Bonchev–Trinajstić information content (AvgIpc) is 2.47. The number of nitrogens with two attached hydrogens (primary N) is 1. The highest BCUT2D eigenvalue weighted by molar-refractivity contribution is 6.34. The zero-order valence-corrected chi connectivity index (χ0v) is 12.6. The predicted octanol–water partition coefficient (Wildman–Crippen LogP) is 1.71. The first-order chi connectivity index (χ1) is 9.56. The van der Waals surface area contributed by atoms with Crippen LogP contribution in [0.15, 0.2) is 12.1 Å². The Kier molecular flexibility index (Phi) is 4.73. The van der Waals surface area contributed by atoms with Crippen molar-refractivity contribution in [1.29, 1.82) is 0 Å². The highest BCUT2D eigenvalue weighted by atomic mass is 35.5. The van der Waals surface area contributed by atoms with Crippen molar-refractivity contribution in [2.75, 3.05) is 45.6 Å². The third-order valence-corrected chi connectivity index (χ3v) is 3.97. The molecule has 0 aromatic heterocycles. The first-order valence-electron chi connectivity index (χ1n) is 6.71. The molecule has 1 aromatic rings. The maximum atomic E-state index is 12.5.